The highest BCUT2D eigenvalue weighted by Gasteiger charge is 2.25. The average molecular weight is 195 g/mol. The van der Waals surface area contributed by atoms with Crippen molar-refractivity contribution in [3.05, 3.63) is 11.9 Å². The molecular weight excluding hydrogens is 178 g/mol. The highest BCUT2D eigenvalue weighted by molar-refractivity contribution is 5.46. The number of hydrogen-bond acceptors (Lipinski definition) is 3. The SMILES string of the molecule is Cc1nn(C)cc1NC1CCCC1O. The first-order valence-electron chi connectivity index (χ1n) is 5.11. The molecule has 2 atom stereocenters. The first kappa shape index (κ1) is 9.52. The molecule has 14 heavy (non-hydrogen) atoms. The molecule has 1 aliphatic rings. The van der Waals surface area contributed by atoms with Gasteiger partial charge in [-0.05, 0) is 26.2 Å². The van der Waals surface area contributed by atoms with Crippen LogP contribution in [0.15, 0.2) is 6.20 Å². The summed E-state index contributed by atoms with van der Waals surface area (Å²) in [7, 11) is 1.91. The molecule has 78 valence electrons. The van der Waals surface area contributed by atoms with E-state index in [0.717, 1.165) is 30.6 Å². The minimum absolute atomic E-state index is 0.199. The minimum atomic E-state index is -0.199. The average Bonchev–Trinajstić information content (AvgIpc) is 2.62. The molecule has 1 aromatic rings. The van der Waals surface area contributed by atoms with Gasteiger partial charge in [-0.1, -0.05) is 0 Å². The van der Waals surface area contributed by atoms with Crippen LogP contribution >= 0.6 is 0 Å². The van der Waals surface area contributed by atoms with Gasteiger partial charge in [-0.2, -0.15) is 5.10 Å². The quantitative estimate of drug-likeness (QED) is 0.741. The predicted molar refractivity (Wildman–Crippen MR) is 55.2 cm³/mol. The number of aliphatic hydroxyl groups is 1. The summed E-state index contributed by atoms with van der Waals surface area (Å²) in [6, 6.07) is 0.206. The van der Waals surface area contributed by atoms with Gasteiger partial charge in [-0.25, -0.2) is 0 Å². The van der Waals surface area contributed by atoms with Crippen LogP contribution in [0.5, 0.6) is 0 Å². The van der Waals surface area contributed by atoms with Gasteiger partial charge in [0.25, 0.3) is 0 Å². The minimum Gasteiger partial charge on any atom is -0.391 e. The Morgan fingerprint density at radius 1 is 1.57 bits per heavy atom. The smallest absolute Gasteiger partial charge is 0.0825 e. The number of aromatic nitrogens is 2. The Balaban J connectivity index is 2.06. The van der Waals surface area contributed by atoms with E-state index in [4.69, 9.17) is 0 Å². The zero-order valence-electron chi connectivity index (χ0n) is 8.70. The molecule has 0 spiro atoms. The maximum absolute atomic E-state index is 9.66. The lowest BCUT2D eigenvalue weighted by Crippen LogP contribution is -2.27. The van der Waals surface area contributed by atoms with Crippen LogP contribution in [0.3, 0.4) is 0 Å². The molecule has 0 bridgehead atoms. The van der Waals surface area contributed by atoms with Crippen molar-refractivity contribution in [2.24, 2.45) is 7.05 Å². The summed E-state index contributed by atoms with van der Waals surface area (Å²) in [6.45, 7) is 1.98. The van der Waals surface area contributed by atoms with Crippen LogP contribution in [-0.4, -0.2) is 27.0 Å². The van der Waals surface area contributed by atoms with Gasteiger partial charge < -0.3 is 10.4 Å². The summed E-state index contributed by atoms with van der Waals surface area (Å²) < 4.78 is 1.79. The fraction of sp³-hybridized carbons (Fsp3) is 0.700. The summed E-state index contributed by atoms with van der Waals surface area (Å²) in [6.07, 6.45) is 4.83. The fourth-order valence-corrected chi connectivity index (χ4v) is 2.05. The monoisotopic (exact) mass is 195 g/mol. The van der Waals surface area contributed by atoms with E-state index in [-0.39, 0.29) is 12.1 Å². The summed E-state index contributed by atoms with van der Waals surface area (Å²) >= 11 is 0. The van der Waals surface area contributed by atoms with Crippen molar-refractivity contribution in [1.29, 1.82) is 0 Å². The van der Waals surface area contributed by atoms with E-state index >= 15 is 0 Å². The van der Waals surface area contributed by atoms with Gasteiger partial charge in [-0.3, -0.25) is 4.68 Å². The van der Waals surface area contributed by atoms with E-state index < -0.39 is 0 Å². The lowest BCUT2D eigenvalue weighted by Gasteiger charge is -2.16. The number of nitrogens with zero attached hydrogens (tertiary/aromatic N) is 2. The van der Waals surface area contributed by atoms with Crippen molar-refractivity contribution in [3.63, 3.8) is 0 Å². The topological polar surface area (TPSA) is 50.1 Å². The Labute approximate surface area is 83.9 Å². The summed E-state index contributed by atoms with van der Waals surface area (Å²) in [4.78, 5) is 0. The number of nitrogens with one attached hydrogen (secondary N) is 1. The second-order valence-electron chi connectivity index (χ2n) is 4.05. The van der Waals surface area contributed by atoms with Crippen molar-refractivity contribution < 1.29 is 5.11 Å². The highest BCUT2D eigenvalue weighted by Crippen LogP contribution is 2.23. The number of hydrogen-bond donors (Lipinski definition) is 2. The van der Waals surface area contributed by atoms with E-state index in [1.165, 1.54) is 0 Å². The summed E-state index contributed by atoms with van der Waals surface area (Å²) in [5, 5.41) is 17.3. The molecule has 0 radical (unpaired) electrons. The van der Waals surface area contributed by atoms with Crippen molar-refractivity contribution in [2.45, 2.75) is 38.3 Å². The third-order valence-electron chi connectivity index (χ3n) is 2.83. The van der Waals surface area contributed by atoms with Crippen molar-refractivity contribution >= 4 is 5.69 Å². The molecule has 4 nitrogen and oxygen atoms in total. The molecule has 1 heterocycles. The third kappa shape index (κ3) is 1.75. The highest BCUT2D eigenvalue weighted by atomic mass is 16.3. The molecule has 1 aromatic heterocycles. The molecule has 0 aliphatic heterocycles. The molecule has 0 aromatic carbocycles. The van der Waals surface area contributed by atoms with Gasteiger partial charge in [-0.15, -0.1) is 0 Å². The predicted octanol–water partition coefficient (Wildman–Crippen LogP) is 1.05. The zero-order chi connectivity index (χ0) is 10.1. The Bertz CT molecular complexity index is 321. The fourth-order valence-electron chi connectivity index (χ4n) is 2.05. The lowest BCUT2D eigenvalue weighted by molar-refractivity contribution is 0.172. The molecule has 2 rings (SSSR count). The van der Waals surface area contributed by atoms with Crippen LogP contribution < -0.4 is 5.32 Å². The van der Waals surface area contributed by atoms with Crippen LogP contribution in [0.1, 0.15) is 25.0 Å². The first-order valence-corrected chi connectivity index (χ1v) is 5.11. The second kappa shape index (κ2) is 3.61. The number of anilines is 1. The van der Waals surface area contributed by atoms with Gasteiger partial charge in [0.15, 0.2) is 0 Å². The number of aliphatic hydroxyl groups excluding tert-OH is 1. The van der Waals surface area contributed by atoms with E-state index in [1.54, 1.807) is 4.68 Å². The molecule has 4 heteroatoms. The van der Waals surface area contributed by atoms with Gasteiger partial charge in [0, 0.05) is 13.2 Å². The largest absolute Gasteiger partial charge is 0.391 e. The van der Waals surface area contributed by atoms with E-state index in [2.05, 4.69) is 10.4 Å². The molecule has 1 aliphatic carbocycles. The van der Waals surface area contributed by atoms with Gasteiger partial charge in [0.05, 0.1) is 23.5 Å². The zero-order valence-corrected chi connectivity index (χ0v) is 8.70. The molecule has 2 unspecified atom stereocenters. The van der Waals surface area contributed by atoms with Crippen molar-refractivity contribution in [1.82, 2.24) is 9.78 Å². The van der Waals surface area contributed by atoms with Crippen LogP contribution in [0.4, 0.5) is 5.69 Å². The van der Waals surface area contributed by atoms with Crippen LogP contribution in [0.2, 0.25) is 0 Å². The van der Waals surface area contributed by atoms with E-state index in [9.17, 15) is 5.11 Å². The molecule has 0 amide bonds. The van der Waals surface area contributed by atoms with Gasteiger partial charge >= 0.3 is 0 Å². The third-order valence-corrected chi connectivity index (χ3v) is 2.83. The molecule has 0 saturated heterocycles. The Kier molecular flexibility index (Phi) is 2.46. The van der Waals surface area contributed by atoms with Crippen LogP contribution in [0.25, 0.3) is 0 Å². The number of aryl methyl sites for hydroxylation is 2. The summed E-state index contributed by atoms with van der Waals surface area (Å²) in [5.41, 5.74) is 2.03. The standard InChI is InChI=1S/C10H17N3O/c1-7-9(6-13(2)12-7)11-8-4-3-5-10(8)14/h6,8,10-11,14H,3-5H2,1-2H3. The molecule has 1 saturated carbocycles. The normalized spacial score (nSPS) is 26.8. The molecular formula is C10H17N3O. The lowest BCUT2D eigenvalue weighted by atomic mass is 10.2. The number of rotatable bonds is 2. The molecule has 2 N–H and O–H groups in total. The van der Waals surface area contributed by atoms with E-state index in [0.29, 0.717) is 0 Å². The summed E-state index contributed by atoms with van der Waals surface area (Å²) in [5.74, 6) is 0. The van der Waals surface area contributed by atoms with Gasteiger partial charge in [0.1, 0.15) is 0 Å². The van der Waals surface area contributed by atoms with Crippen LogP contribution in [-0.2, 0) is 7.05 Å². The maximum atomic E-state index is 9.66. The maximum Gasteiger partial charge on any atom is 0.0825 e. The Morgan fingerprint density at radius 3 is 2.86 bits per heavy atom. The second-order valence-corrected chi connectivity index (χ2v) is 4.05. The van der Waals surface area contributed by atoms with Crippen molar-refractivity contribution in [3.8, 4) is 0 Å². The Morgan fingerprint density at radius 2 is 2.36 bits per heavy atom. The van der Waals surface area contributed by atoms with E-state index in [1.807, 2.05) is 20.2 Å². The molecule has 1 fully saturated rings. The van der Waals surface area contributed by atoms with Gasteiger partial charge in [0.2, 0.25) is 0 Å². The first-order chi connectivity index (χ1) is 6.66. The van der Waals surface area contributed by atoms with Crippen LogP contribution in [0, 0.1) is 6.92 Å². The Hall–Kier alpha value is -1.03. The van der Waals surface area contributed by atoms with Crippen molar-refractivity contribution in [2.75, 3.05) is 5.32 Å².